The molecule has 8 nitrogen and oxygen atoms in total. The number of alkyl carbamates (subject to hydrolysis) is 1. The van der Waals surface area contributed by atoms with Crippen LogP contribution in [0.15, 0.2) is 51.8 Å². The SMILES string of the molecule is Cc1cc(OC(=O)[C@H](Cc2c[nH]c3ccccc23)NC(=O)OC(C)(C)C)c2c(C)c(C)c(=O)oc2c1. The maximum Gasteiger partial charge on any atom is 0.408 e. The van der Waals surface area contributed by atoms with E-state index < -0.39 is 29.3 Å². The molecular weight excluding hydrogens is 460 g/mol. The lowest BCUT2D eigenvalue weighted by atomic mass is 10.0. The zero-order valence-corrected chi connectivity index (χ0v) is 21.3. The summed E-state index contributed by atoms with van der Waals surface area (Å²) in [6, 6.07) is 10.1. The fraction of sp³-hybridized carbons (Fsp3) is 0.321. The van der Waals surface area contributed by atoms with Crippen molar-refractivity contribution in [1.82, 2.24) is 10.3 Å². The first kappa shape index (κ1) is 25.0. The fourth-order valence-corrected chi connectivity index (χ4v) is 4.11. The van der Waals surface area contributed by atoms with Crippen LogP contribution in [0, 0.1) is 20.8 Å². The minimum absolute atomic E-state index is 0.179. The average Bonchev–Trinajstić information content (AvgIpc) is 3.18. The number of aromatic nitrogens is 1. The van der Waals surface area contributed by atoms with Gasteiger partial charge in [0.2, 0.25) is 0 Å². The molecule has 2 aromatic heterocycles. The molecule has 2 heterocycles. The molecule has 0 saturated heterocycles. The Morgan fingerprint density at radius 2 is 1.81 bits per heavy atom. The Balaban J connectivity index is 1.71. The van der Waals surface area contributed by atoms with Gasteiger partial charge in [0.15, 0.2) is 0 Å². The van der Waals surface area contributed by atoms with Gasteiger partial charge in [0.05, 0.1) is 5.39 Å². The first-order valence-electron chi connectivity index (χ1n) is 11.7. The van der Waals surface area contributed by atoms with Crippen molar-refractivity contribution in [3.05, 3.63) is 75.3 Å². The molecule has 0 fully saturated rings. The number of hydrogen-bond donors (Lipinski definition) is 2. The van der Waals surface area contributed by atoms with Gasteiger partial charge in [-0.2, -0.15) is 0 Å². The van der Waals surface area contributed by atoms with E-state index in [-0.39, 0.29) is 12.2 Å². The Morgan fingerprint density at radius 1 is 1.08 bits per heavy atom. The van der Waals surface area contributed by atoms with Gasteiger partial charge in [0.25, 0.3) is 0 Å². The number of esters is 1. The van der Waals surface area contributed by atoms with Crippen molar-refractivity contribution in [2.45, 2.75) is 59.6 Å². The quantitative estimate of drug-likeness (QED) is 0.225. The molecule has 4 aromatic rings. The number of aryl methyl sites for hydroxylation is 2. The number of H-pyrrole nitrogens is 1. The second-order valence-electron chi connectivity index (χ2n) is 9.96. The van der Waals surface area contributed by atoms with Gasteiger partial charge in [-0.25, -0.2) is 14.4 Å². The number of ether oxygens (including phenoxy) is 2. The first-order valence-corrected chi connectivity index (χ1v) is 11.7. The predicted octanol–water partition coefficient (Wildman–Crippen LogP) is 5.24. The predicted molar refractivity (Wildman–Crippen MR) is 137 cm³/mol. The van der Waals surface area contributed by atoms with E-state index in [2.05, 4.69) is 10.3 Å². The summed E-state index contributed by atoms with van der Waals surface area (Å²) in [5.74, 6) is -0.407. The van der Waals surface area contributed by atoms with Crippen LogP contribution in [0.3, 0.4) is 0 Å². The van der Waals surface area contributed by atoms with Crippen LogP contribution < -0.4 is 15.7 Å². The topological polar surface area (TPSA) is 111 Å². The van der Waals surface area contributed by atoms with E-state index in [4.69, 9.17) is 13.9 Å². The van der Waals surface area contributed by atoms with Gasteiger partial charge in [-0.3, -0.25) is 0 Å². The second-order valence-corrected chi connectivity index (χ2v) is 9.96. The van der Waals surface area contributed by atoms with Gasteiger partial charge < -0.3 is 24.2 Å². The smallest absolute Gasteiger partial charge is 0.408 e. The number of para-hydroxylation sites is 1. The van der Waals surface area contributed by atoms with Crippen LogP contribution in [0.25, 0.3) is 21.9 Å². The second kappa shape index (κ2) is 9.53. The average molecular weight is 491 g/mol. The fourth-order valence-electron chi connectivity index (χ4n) is 4.11. The Hall–Kier alpha value is -4.07. The summed E-state index contributed by atoms with van der Waals surface area (Å²) in [7, 11) is 0. The summed E-state index contributed by atoms with van der Waals surface area (Å²) in [6.45, 7) is 10.5. The highest BCUT2D eigenvalue weighted by molar-refractivity contribution is 5.92. The summed E-state index contributed by atoms with van der Waals surface area (Å²) in [5.41, 5.74) is 2.77. The highest BCUT2D eigenvalue weighted by Gasteiger charge is 2.28. The summed E-state index contributed by atoms with van der Waals surface area (Å²) >= 11 is 0. The summed E-state index contributed by atoms with van der Waals surface area (Å²) in [4.78, 5) is 41.5. The number of aromatic amines is 1. The molecule has 0 spiro atoms. The van der Waals surface area contributed by atoms with Gasteiger partial charge in [-0.05, 0) is 76.4 Å². The lowest BCUT2D eigenvalue weighted by Crippen LogP contribution is -2.46. The van der Waals surface area contributed by atoms with E-state index in [0.717, 1.165) is 22.0 Å². The van der Waals surface area contributed by atoms with Crippen molar-refractivity contribution in [2.24, 2.45) is 0 Å². The minimum atomic E-state index is -1.04. The normalized spacial score (nSPS) is 12.5. The molecule has 0 bridgehead atoms. The van der Waals surface area contributed by atoms with Crippen molar-refractivity contribution in [3.8, 4) is 5.75 Å². The van der Waals surface area contributed by atoms with Gasteiger partial charge in [-0.15, -0.1) is 0 Å². The van der Waals surface area contributed by atoms with Gasteiger partial charge in [-0.1, -0.05) is 18.2 Å². The lowest BCUT2D eigenvalue weighted by molar-refractivity contribution is -0.136. The maximum atomic E-state index is 13.5. The molecule has 2 aromatic carbocycles. The molecule has 0 saturated carbocycles. The zero-order valence-electron chi connectivity index (χ0n) is 21.3. The van der Waals surface area contributed by atoms with Crippen molar-refractivity contribution < 1.29 is 23.5 Å². The molecule has 8 heteroatoms. The number of benzene rings is 2. The highest BCUT2D eigenvalue weighted by Crippen LogP contribution is 2.31. The molecule has 0 aliphatic carbocycles. The van der Waals surface area contributed by atoms with Crippen LogP contribution in [0.2, 0.25) is 0 Å². The van der Waals surface area contributed by atoms with Crippen LogP contribution in [-0.2, 0) is 16.0 Å². The molecule has 0 aliphatic rings. The van der Waals surface area contributed by atoms with Crippen LogP contribution in [0.4, 0.5) is 4.79 Å². The third-order valence-electron chi connectivity index (χ3n) is 5.94. The number of rotatable bonds is 5. The first-order chi connectivity index (χ1) is 16.9. The van der Waals surface area contributed by atoms with Crippen LogP contribution in [-0.4, -0.2) is 28.7 Å². The maximum absolute atomic E-state index is 13.5. The van der Waals surface area contributed by atoms with E-state index >= 15 is 0 Å². The van der Waals surface area contributed by atoms with E-state index in [9.17, 15) is 14.4 Å². The van der Waals surface area contributed by atoms with E-state index in [1.54, 1.807) is 46.8 Å². The standard InChI is InChI=1S/C28H30N2O6/c1-15-11-22-24(16(2)17(3)25(31)34-22)23(12-15)35-26(32)21(30-27(33)36-28(4,5)6)13-18-14-29-20-10-8-7-9-19(18)20/h7-12,14,21,29H,13H2,1-6H3,(H,30,33)/t21-/m0/s1. The number of nitrogens with one attached hydrogen (secondary N) is 2. The zero-order chi connectivity index (χ0) is 26.2. The van der Waals surface area contributed by atoms with Crippen LogP contribution >= 0.6 is 0 Å². The largest absolute Gasteiger partial charge is 0.444 e. The summed E-state index contributed by atoms with van der Waals surface area (Å²) in [6.07, 6.45) is 1.27. The molecule has 4 rings (SSSR count). The van der Waals surface area contributed by atoms with Gasteiger partial charge >= 0.3 is 17.7 Å². The molecule has 0 aliphatic heterocycles. The Morgan fingerprint density at radius 3 is 2.53 bits per heavy atom. The Labute approximate surface area is 208 Å². The minimum Gasteiger partial charge on any atom is -0.444 e. The van der Waals surface area contributed by atoms with E-state index in [1.807, 2.05) is 37.4 Å². The number of hydrogen-bond acceptors (Lipinski definition) is 6. The monoisotopic (exact) mass is 490 g/mol. The third-order valence-corrected chi connectivity index (χ3v) is 5.94. The molecule has 36 heavy (non-hydrogen) atoms. The van der Waals surface area contributed by atoms with Crippen LogP contribution in [0.5, 0.6) is 5.75 Å². The van der Waals surface area contributed by atoms with Crippen molar-refractivity contribution in [1.29, 1.82) is 0 Å². The van der Waals surface area contributed by atoms with Gasteiger partial charge in [0.1, 0.15) is 23.0 Å². The molecule has 0 unspecified atom stereocenters. The molecule has 188 valence electrons. The molecule has 0 radical (unpaired) electrons. The van der Waals surface area contributed by atoms with E-state index in [1.165, 1.54) is 0 Å². The highest BCUT2D eigenvalue weighted by atomic mass is 16.6. The molecule has 1 amide bonds. The van der Waals surface area contributed by atoms with E-state index in [0.29, 0.717) is 22.1 Å². The number of amides is 1. The van der Waals surface area contributed by atoms with Crippen molar-refractivity contribution in [2.75, 3.05) is 0 Å². The summed E-state index contributed by atoms with van der Waals surface area (Å²) in [5, 5.41) is 4.15. The number of carbonyl (C=O) groups is 2. The van der Waals surface area contributed by atoms with Crippen molar-refractivity contribution >= 4 is 33.9 Å². The lowest BCUT2D eigenvalue weighted by Gasteiger charge is -2.23. The number of carbonyl (C=O) groups excluding carboxylic acids is 2. The van der Waals surface area contributed by atoms with Crippen LogP contribution in [0.1, 0.15) is 43.0 Å². The Bertz CT molecular complexity index is 1520. The third kappa shape index (κ3) is 5.27. The Kier molecular flexibility index (Phi) is 6.63. The molecule has 1 atom stereocenters. The molecular formula is C28H30N2O6. The molecule has 2 N–H and O–H groups in total. The van der Waals surface area contributed by atoms with Crippen molar-refractivity contribution in [3.63, 3.8) is 0 Å². The van der Waals surface area contributed by atoms with Gasteiger partial charge in [0, 0.05) is 29.1 Å². The summed E-state index contributed by atoms with van der Waals surface area (Å²) < 4.78 is 16.7. The number of fused-ring (bicyclic) bond motifs is 2.